The Bertz CT molecular complexity index is 1070. The number of nitrogens with one attached hydrogen (secondary N) is 1. The Kier molecular flexibility index (Phi) is 5.10. The minimum absolute atomic E-state index is 0.0158. The first-order valence-electron chi connectivity index (χ1n) is 9.74. The van der Waals surface area contributed by atoms with Gasteiger partial charge in [-0.3, -0.25) is 4.79 Å². The fourth-order valence-electron chi connectivity index (χ4n) is 3.97. The van der Waals surface area contributed by atoms with Crippen LogP contribution < -0.4 is 10.7 Å². The van der Waals surface area contributed by atoms with E-state index < -0.39 is 17.2 Å². The van der Waals surface area contributed by atoms with Crippen molar-refractivity contribution in [3.63, 3.8) is 0 Å². The fraction of sp³-hybridized carbons (Fsp3) is 0.526. The van der Waals surface area contributed by atoms with Gasteiger partial charge < -0.3 is 15.0 Å². The maximum absolute atomic E-state index is 14.7. The summed E-state index contributed by atoms with van der Waals surface area (Å²) in [4.78, 5) is 31.1. The summed E-state index contributed by atoms with van der Waals surface area (Å²) in [5.41, 5.74) is 7.65. The molecule has 152 valence electrons. The summed E-state index contributed by atoms with van der Waals surface area (Å²) in [5, 5.41) is 16.1. The number of azide groups is 1. The van der Waals surface area contributed by atoms with Crippen molar-refractivity contribution >= 4 is 22.8 Å². The molecule has 10 heteroatoms. The molecular formula is C19H21FN6O3. The summed E-state index contributed by atoms with van der Waals surface area (Å²) in [5.74, 6) is -1.58. The van der Waals surface area contributed by atoms with Gasteiger partial charge in [-0.2, -0.15) is 0 Å². The number of hydrogen-bond donors (Lipinski definition) is 2. The van der Waals surface area contributed by atoms with Gasteiger partial charge in [-0.25, -0.2) is 14.2 Å². The first-order chi connectivity index (χ1) is 14.0. The number of carboxylic acid groups (broad SMARTS) is 1. The molecule has 29 heavy (non-hydrogen) atoms. The van der Waals surface area contributed by atoms with E-state index in [0.717, 1.165) is 44.6 Å². The average Bonchev–Trinajstić information content (AvgIpc) is 3.54. The summed E-state index contributed by atoms with van der Waals surface area (Å²) >= 11 is 0. The van der Waals surface area contributed by atoms with Crippen LogP contribution in [0.5, 0.6) is 0 Å². The Hall–Kier alpha value is -3.13. The van der Waals surface area contributed by atoms with Gasteiger partial charge in [0, 0.05) is 29.7 Å². The van der Waals surface area contributed by atoms with Crippen molar-refractivity contribution in [3.8, 4) is 0 Å². The monoisotopic (exact) mass is 400 g/mol. The van der Waals surface area contributed by atoms with E-state index in [1.54, 1.807) is 4.57 Å². The van der Waals surface area contributed by atoms with E-state index in [1.165, 1.54) is 6.20 Å². The molecule has 4 rings (SSSR count). The molecule has 0 saturated heterocycles. The van der Waals surface area contributed by atoms with Gasteiger partial charge in [-0.15, -0.1) is 0 Å². The molecule has 0 amide bonds. The van der Waals surface area contributed by atoms with Crippen LogP contribution in [0.2, 0.25) is 0 Å². The second-order valence-corrected chi connectivity index (χ2v) is 7.78. The lowest BCUT2D eigenvalue weighted by atomic mass is 9.86. The molecule has 0 atom stereocenters. The van der Waals surface area contributed by atoms with Gasteiger partial charge in [0.1, 0.15) is 11.2 Å². The van der Waals surface area contributed by atoms with Crippen molar-refractivity contribution < 1.29 is 14.3 Å². The molecule has 2 aromatic rings. The topological polar surface area (TPSA) is 133 Å². The van der Waals surface area contributed by atoms with Crippen molar-refractivity contribution in [2.24, 2.45) is 11.0 Å². The zero-order chi connectivity index (χ0) is 20.5. The lowest BCUT2D eigenvalue weighted by Crippen LogP contribution is -2.28. The minimum Gasteiger partial charge on any atom is -0.477 e. The minimum atomic E-state index is -1.33. The molecule has 0 spiro atoms. The van der Waals surface area contributed by atoms with Crippen LogP contribution in [0, 0.1) is 11.7 Å². The molecule has 2 saturated carbocycles. The van der Waals surface area contributed by atoms with Crippen molar-refractivity contribution in [2.45, 2.75) is 50.6 Å². The number of carbonyl (C=O) groups is 1. The number of pyridine rings is 2. The van der Waals surface area contributed by atoms with Gasteiger partial charge in [-0.1, -0.05) is 5.11 Å². The molecule has 0 aromatic carbocycles. The van der Waals surface area contributed by atoms with Crippen molar-refractivity contribution in [1.82, 2.24) is 9.55 Å². The summed E-state index contributed by atoms with van der Waals surface area (Å²) in [7, 11) is 0. The van der Waals surface area contributed by atoms with Gasteiger partial charge >= 0.3 is 5.97 Å². The third-order valence-electron chi connectivity index (χ3n) is 5.72. The number of hydrogen-bond acceptors (Lipinski definition) is 5. The van der Waals surface area contributed by atoms with Gasteiger partial charge in [0.05, 0.1) is 5.39 Å². The highest BCUT2D eigenvalue weighted by atomic mass is 19.1. The van der Waals surface area contributed by atoms with E-state index in [-0.39, 0.29) is 28.9 Å². The molecule has 0 unspecified atom stereocenters. The van der Waals surface area contributed by atoms with Crippen molar-refractivity contribution in [1.29, 1.82) is 0 Å². The van der Waals surface area contributed by atoms with E-state index in [2.05, 4.69) is 20.3 Å². The molecule has 2 aliphatic rings. The highest BCUT2D eigenvalue weighted by molar-refractivity contribution is 5.92. The normalized spacial score (nSPS) is 21.6. The van der Waals surface area contributed by atoms with E-state index >= 15 is 0 Å². The lowest BCUT2D eigenvalue weighted by Gasteiger charge is -2.28. The Labute approximate surface area is 165 Å². The molecule has 0 aliphatic heterocycles. The van der Waals surface area contributed by atoms with Gasteiger partial charge in [0.2, 0.25) is 5.43 Å². The number of carboxylic acids is 1. The van der Waals surface area contributed by atoms with E-state index in [0.29, 0.717) is 18.1 Å². The van der Waals surface area contributed by atoms with Gasteiger partial charge in [0.25, 0.3) is 0 Å². The predicted molar refractivity (Wildman–Crippen MR) is 105 cm³/mol. The van der Waals surface area contributed by atoms with Crippen LogP contribution in [-0.2, 0) is 0 Å². The molecule has 2 N–H and O–H groups in total. The van der Waals surface area contributed by atoms with Gasteiger partial charge in [-0.05, 0) is 56.0 Å². The second-order valence-electron chi connectivity index (χ2n) is 7.78. The van der Waals surface area contributed by atoms with Gasteiger partial charge in [0.15, 0.2) is 11.6 Å². The number of nitrogens with zero attached hydrogens (tertiary/aromatic N) is 5. The van der Waals surface area contributed by atoms with Crippen LogP contribution in [0.1, 0.15) is 54.9 Å². The summed E-state index contributed by atoms with van der Waals surface area (Å²) < 4.78 is 16.4. The Morgan fingerprint density at radius 3 is 2.69 bits per heavy atom. The summed E-state index contributed by atoms with van der Waals surface area (Å²) in [6.45, 7) is 0.478. The highest BCUT2D eigenvalue weighted by Crippen LogP contribution is 2.37. The number of anilines is 1. The molecule has 9 nitrogen and oxygen atoms in total. The average molecular weight is 400 g/mol. The third kappa shape index (κ3) is 3.88. The van der Waals surface area contributed by atoms with Crippen molar-refractivity contribution in [3.05, 3.63) is 44.3 Å². The molecule has 2 heterocycles. The quantitative estimate of drug-likeness (QED) is 0.432. The maximum atomic E-state index is 14.7. The number of aromatic nitrogens is 2. The van der Waals surface area contributed by atoms with E-state index in [9.17, 15) is 19.1 Å². The molecule has 0 radical (unpaired) electrons. The number of rotatable bonds is 6. The molecule has 2 fully saturated rings. The molecular weight excluding hydrogens is 379 g/mol. The van der Waals surface area contributed by atoms with Crippen LogP contribution in [0.25, 0.3) is 21.5 Å². The van der Waals surface area contributed by atoms with Crippen molar-refractivity contribution in [2.75, 3.05) is 11.9 Å². The Balaban J connectivity index is 1.63. The third-order valence-corrected chi connectivity index (χ3v) is 5.72. The number of aromatic carboxylic acids is 1. The lowest BCUT2D eigenvalue weighted by molar-refractivity contribution is 0.0695. The fourth-order valence-corrected chi connectivity index (χ4v) is 3.97. The molecule has 0 bridgehead atoms. The number of halogens is 1. The van der Waals surface area contributed by atoms with E-state index in [4.69, 9.17) is 5.53 Å². The SMILES string of the molecule is [N-]=[N+]=NCC1CCC(Nc2nc3c(cc2F)c(=O)c(C(=O)O)cn3C2CC2)CC1. The first-order valence-corrected chi connectivity index (χ1v) is 9.74. The molecule has 2 aromatic heterocycles. The maximum Gasteiger partial charge on any atom is 0.341 e. The van der Waals surface area contributed by atoms with E-state index in [1.807, 2.05) is 0 Å². The van der Waals surface area contributed by atoms with Crippen LogP contribution in [0.15, 0.2) is 22.2 Å². The van der Waals surface area contributed by atoms with Crippen LogP contribution >= 0.6 is 0 Å². The zero-order valence-corrected chi connectivity index (χ0v) is 15.7. The smallest absolute Gasteiger partial charge is 0.341 e. The summed E-state index contributed by atoms with van der Waals surface area (Å²) in [6, 6.07) is 1.21. The largest absolute Gasteiger partial charge is 0.477 e. The standard InChI is InChI=1S/C19H21FN6O3/c20-15-7-13-16(27)14(19(28)29)9-26(12-5-6-12)18(13)24-17(15)23-11-3-1-10(2-4-11)8-22-25-21/h7,9-12H,1-6,8H2,(H,23,24)(H,28,29). The Morgan fingerprint density at radius 1 is 1.34 bits per heavy atom. The summed E-state index contributed by atoms with van der Waals surface area (Å²) in [6.07, 6.45) is 6.42. The van der Waals surface area contributed by atoms with Crippen LogP contribution in [0.3, 0.4) is 0 Å². The van der Waals surface area contributed by atoms with Crippen LogP contribution in [-0.4, -0.2) is 33.2 Å². The highest BCUT2D eigenvalue weighted by Gasteiger charge is 2.29. The Morgan fingerprint density at radius 2 is 2.07 bits per heavy atom. The second kappa shape index (κ2) is 7.71. The predicted octanol–water partition coefficient (Wildman–Crippen LogP) is 3.85. The zero-order valence-electron chi connectivity index (χ0n) is 15.7. The number of fused-ring (bicyclic) bond motifs is 1. The van der Waals surface area contributed by atoms with Crippen LogP contribution in [0.4, 0.5) is 10.2 Å². The first kappa shape index (κ1) is 19.2. The molecule has 2 aliphatic carbocycles.